The molecule has 1 N–H and O–H groups in total. The van der Waals surface area contributed by atoms with E-state index in [0.29, 0.717) is 38.4 Å². The van der Waals surface area contributed by atoms with Crippen molar-refractivity contribution < 1.29 is 19.1 Å². The number of likely N-dealkylation sites (tertiary alicyclic amines) is 1. The van der Waals surface area contributed by atoms with Crippen LogP contribution in [0.1, 0.15) is 75.2 Å². The molecular weight excluding hydrogens is 466 g/mol. The van der Waals surface area contributed by atoms with E-state index in [0.717, 1.165) is 23.3 Å². The summed E-state index contributed by atoms with van der Waals surface area (Å²) in [6.45, 7) is 7.22. The predicted molar refractivity (Wildman–Crippen MR) is 142 cm³/mol. The fraction of sp³-hybridized carbons (Fsp3) is 0.533. The molecule has 2 aromatic rings. The Labute approximate surface area is 220 Å². The monoisotopic (exact) mass is 505 g/mol. The van der Waals surface area contributed by atoms with Crippen LogP contribution in [0.25, 0.3) is 0 Å². The fourth-order valence-corrected chi connectivity index (χ4v) is 5.45. The van der Waals surface area contributed by atoms with Gasteiger partial charge in [-0.2, -0.15) is 0 Å². The van der Waals surface area contributed by atoms with Gasteiger partial charge in [0.15, 0.2) is 0 Å². The van der Waals surface area contributed by atoms with Gasteiger partial charge in [0, 0.05) is 19.6 Å². The summed E-state index contributed by atoms with van der Waals surface area (Å²) in [5.74, 6) is 1.65. The number of piperidine rings is 1. The Morgan fingerprint density at radius 1 is 1.00 bits per heavy atom. The summed E-state index contributed by atoms with van der Waals surface area (Å²) >= 11 is 0. The highest BCUT2D eigenvalue weighted by atomic mass is 16.6. The lowest BCUT2D eigenvalue weighted by Gasteiger charge is -2.38. The number of carbonyl (C=O) groups excluding carboxylic acids is 2. The summed E-state index contributed by atoms with van der Waals surface area (Å²) in [5.41, 5.74) is 2.45. The highest BCUT2D eigenvalue weighted by Gasteiger charge is 2.53. The largest absolute Gasteiger partial charge is 0.497 e. The molecule has 2 heterocycles. The van der Waals surface area contributed by atoms with E-state index in [1.54, 1.807) is 12.0 Å². The summed E-state index contributed by atoms with van der Waals surface area (Å²) < 4.78 is 10.9. The number of nitrogens with one attached hydrogen (secondary N) is 1. The third-order valence-electron chi connectivity index (χ3n) is 7.77. The number of rotatable bonds is 6. The minimum Gasteiger partial charge on any atom is -0.497 e. The summed E-state index contributed by atoms with van der Waals surface area (Å²) in [4.78, 5) is 30.3. The van der Waals surface area contributed by atoms with Crippen molar-refractivity contribution in [2.75, 3.05) is 26.7 Å². The first-order chi connectivity index (χ1) is 17.7. The summed E-state index contributed by atoms with van der Waals surface area (Å²) in [5, 5.41) is 3.73. The van der Waals surface area contributed by atoms with Gasteiger partial charge in [-0.15, -0.1) is 0 Å². The molecule has 3 aliphatic rings. The molecule has 1 unspecified atom stereocenters. The molecule has 2 amide bonds. The number of hydrogen-bond donors (Lipinski definition) is 1. The molecule has 0 radical (unpaired) electrons. The van der Waals surface area contributed by atoms with Crippen LogP contribution in [-0.2, 0) is 16.0 Å². The van der Waals surface area contributed by atoms with Crippen LogP contribution in [0.3, 0.4) is 0 Å². The zero-order valence-electron chi connectivity index (χ0n) is 22.5. The van der Waals surface area contributed by atoms with E-state index in [-0.39, 0.29) is 18.2 Å². The predicted octanol–water partition coefficient (Wildman–Crippen LogP) is 5.02. The smallest absolute Gasteiger partial charge is 0.410 e. The normalized spacial score (nSPS) is 21.4. The first-order valence-corrected chi connectivity index (χ1v) is 13.5. The second kappa shape index (κ2) is 10.0. The minimum atomic E-state index is -0.668. The van der Waals surface area contributed by atoms with Gasteiger partial charge < -0.3 is 19.3 Å². The Kier molecular flexibility index (Phi) is 6.92. The van der Waals surface area contributed by atoms with Crippen LogP contribution >= 0.6 is 0 Å². The Morgan fingerprint density at radius 3 is 2.19 bits per heavy atom. The molecular formula is C30H39N3O4. The second-order valence-electron chi connectivity index (χ2n) is 11.6. The SMILES string of the molecule is COc1ccc(CCN2C(=O)C3(CCN(C(=O)OC(C)(C)C)CC3)NC2c2ccc(C3CC3)cc2)cc1. The molecule has 1 spiro atoms. The zero-order valence-corrected chi connectivity index (χ0v) is 22.5. The number of amides is 2. The second-order valence-corrected chi connectivity index (χ2v) is 11.6. The number of ether oxygens (including phenoxy) is 2. The standard InChI is InChI=1S/C30H39N3O4/c1-29(2,3)37-28(35)32-19-16-30(17-20-32)27(34)33(18-15-21-5-13-25(36-4)14-6-21)26(31-30)24-11-9-23(10-12-24)22-7-8-22/h5-6,9-14,22,26,31H,7-8,15-20H2,1-4H3. The van der Waals surface area contributed by atoms with Gasteiger partial charge in [-0.1, -0.05) is 36.4 Å². The molecule has 5 rings (SSSR count). The lowest BCUT2D eigenvalue weighted by atomic mass is 9.87. The van der Waals surface area contributed by atoms with Crippen LogP contribution in [-0.4, -0.2) is 59.7 Å². The molecule has 3 fully saturated rings. The van der Waals surface area contributed by atoms with Gasteiger partial charge in [-0.05, 0) is 87.6 Å². The number of nitrogens with zero attached hydrogens (tertiary/aromatic N) is 2. The lowest BCUT2D eigenvalue weighted by molar-refractivity contribution is -0.134. The molecule has 2 aromatic carbocycles. The van der Waals surface area contributed by atoms with Crippen molar-refractivity contribution in [2.24, 2.45) is 0 Å². The van der Waals surface area contributed by atoms with Crippen molar-refractivity contribution in [1.82, 2.24) is 15.1 Å². The van der Waals surface area contributed by atoms with E-state index in [1.807, 2.05) is 37.8 Å². The Hall–Kier alpha value is -3.06. The van der Waals surface area contributed by atoms with Gasteiger partial charge in [-0.25, -0.2) is 4.79 Å². The molecule has 1 saturated carbocycles. The average Bonchev–Trinajstić information content (AvgIpc) is 3.70. The van der Waals surface area contributed by atoms with E-state index in [1.165, 1.54) is 18.4 Å². The molecule has 7 nitrogen and oxygen atoms in total. The van der Waals surface area contributed by atoms with Crippen LogP contribution in [0.15, 0.2) is 48.5 Å². The molecule has 7 heteroatoms. The summed E-state index contributed by atoms with van der Waals surface area (Å²) in [6, 6.07) is 16.8. The maximum absolute atomic E-state index is 14.0. The molecule has 0 bridgehead atoms. The van der Waals surface area contributed by atoms with Gasteiger partial charge in [-0.3, -0.25) is 10.1 Å². The fourth-order valence-electron chi connectivity index (χ4n) is 5.45. The highest BCUT2D eigenvalue weighted by Crippen LogP contribution is 2.41. The quantitative estimate of drug-likeness (QED) is 0.597. The van der Waals surface area contributed by atoms with Crippen LogP contribution < -0.4 is 10.1 Å². The van der Waals surface area contributed by atoms with Gasteiger partial charge in [0.2, 0.25) is 5.91 Å². The Bertz CT molecular complexity index is 1110. The topological polar surface area (TPSA) is 71.1 Å². The highest BCUT2D eigenvalue weighted by molar-refractivity contribution is 5.89. The van der Waals surface area contributed by atoms with Gasteiger partial charge in [0.25, 0.3) is 0 Å². The molecule has 2 aliphatic heterocycles. The molecule has 198 valence electrons. The van der Waals surface area contributed by atoms with Crippen molar-refractivity contribution in [1.29, 1.82) is 0 Å². The molecule has 1 aliphatic carbocycles. The maximum Gasteiger partial charge on any atom is 0.410 e. The van der Waals surface area contributed by atoms with Crippen LogP contribution in [0.4, 0.5) is 4.79 Å². The first-order valence-electron chi connectivity index (χ1n) is 13.5. The molecule has 37 heavy (non-hydrogen) atoms. The van der Waals surface area contributed by atoms with Gasteiger partial charge in [0.1, 0.15) is 23.1 Å². The average molecular weight is 506 g/mol. The first kappa shape index (κ1) is 25.6. The van der Waals surface area contributed by atoms with Crippen molar-refractivity contribution in [3.63, 3.8) is 0 Å². The van der Waals surface area contributed by atoms with E-state index in [4.69, 9.17) is 9.47 Å². The van der Waals surface area contributed by atoms with Gasteiger partial charge in [0.05, 0.1) is 7.11 Å². The van der Waals surface area contributed by atoms with E-state index in [9.17, 15) is 9.59 Å². The number of benzene rings is 2. The maximum atomic E-state index is 14.0. The zero-order chi connectivity index (χ0) is 26.2. The van der Waals surface area contributed by atoms with Crippen molar-refractivity contribution in [2.45, 2.75) is 76.1 Å². The van der Waals surface area contributed by atoms with E-state index in [2.05, 4.69) is 41.7 Å². The number of carbonyl (C=O) groups is 2. The molecule has 0 aromatic heterocycles. The van der Waals surface area contributed by atoms with Crippen molar-refractivity contribution in [3.05, 3.63) is 65.2 Å². The van der Waals surface area contributed by atoms with Crippen LogP contribution in [0.5, 0.6) is 5.75 Å². The van der Waals surface area contributed by atoms with Gasteiger partial charge >= 0.3 is 6.09 Å². The van der Waals surface area contributed by atoms with Crippen LogP contribution in [0.2, 0.25) is 0 Å². The van der Waals surface area contributed by atoms with Crippen LogP contribution in [0, 0.1) is 0 Å². The number of methoxy groups -OCH3 is 1. The van der Waals surface area contributed by atoms with Crippen molar-refractivity contribution in [3.8, 4) is 5.75 Å². The Balaban J connectivity index is 1.33. The molecule has 1 atom stereocenters. The van der Waals surface area contributed by atoms with E-state index < -0.39 is 11.1 Å². The minimum absolute atomic E-state index is 0.126. The lowest BCUT2D eigenvalue weighted by Crippen LogP contribution is -2.56. The summed E-state index contributed by atoms with van der Waals surface area (Å²) in [6.07, 6.45) is 3.94. The summed E-state index contributed by atoms with van der Waals surface area (Å²) in [7, 11) is 1.66. The third-order valence-corrected chi connectivity index (χ3v) is 7.77. The molecule has 2 saturated heterocycles. The third kappa shape index (κ3) is 5.61. The van der Waals surface area contributed by atoms with E-state index >= 15 is 0 Å². The number of hydrogen-bond acceptors (Lipinski definition) is 5. The Morgan fingerprint density at radius 2 is 1.62 bits per heavy atom. The van der Waals surface area contributed by atoms with Crippen molar-refractivity contribution >= 4 is 12.0 Å².